The van der Waals surface area contributed by atoms with Gasteiger partial charge in [0.15, 0.2) is 0 Å². The number of esters is 1. The third kappa shape index (κ3) is 3.08. The summed E-state index contributed by atoms with van der Waals surface area (Å²) in [5.41, 5.74) is 0.537. The number of hydrogen-bond donors (Lipinski definition) is 2. The van der Waals surface area contributed by atoms with Crippen LogP contribution in [0.3, 0.4) is 0 Å². The summed E-state index contributed by atoms with van der Waals surface area (Å²) in [5, 5.41) is 14.7. The highest BCUT2D eigenvalue weighted by atomic mass is 16.5. The largest absolute Gasteiger partial charge is 0.477 e. The molecular weight excluding hydrogens is 200 g/mol. The summed E-state index contributed by atoms with van der Waals surface area (Å²) in [5.74, 6) is -1.42. The second-order valence-corrected chi connectivity index (χ2v) is 2.88. The molecular formula is C9H12N2O4. The van der Waals surface area contributed by atoms with Crippen LogP contribution in [-0.2, 0) is 16.0 Å². The molecule has 0 atom stereocenters. The zero-order valence-electron chi connectivity index (χ0n) is 8.32. The van der Waals surface area contributed by atoms with Crippen LogP contribution >= 0.6 is 0 Å². The van der Waals surface area contributed by atoms with E-state index < -0.39 is 5.97 Å². The van der Waals surface area contributed by atoms with Gasteiger partial charge in [-0.1, -0.05) is 0 Å². The fraction of sp³-hybridized carbons (Fsp3) is 0.444. The average Bonchev–Trinajstić information content (AvgIpc) is 2.63. The third-order valence-corrected chi connectivity index (χ3v) is 1.84. The zero-order valence-corrected chi connectivity index (χ0v) is 8.32. The molecule has 0 fully saturated rings. The number of ether oxygens (including phenoxy) is 1. The minimum Gasteiger partial charge on any atom is -0.477 e. The summed E-state index contributed by atoms with van der Waals surface area (Å²) < 4.78 is 4.72. The smallest absolute Gasteiger partial charge is 0.354 e. The lowest BCUT2D eigenvalue weighted by Crippen LogP contribution is -2.07. The number of aromatic amines is 1. The van der Waals surface area contributed by atoms with Crippen molar-refractivity contribution >= 4 is 11.9 Å². The Morgan fingerprint density at radius 3 is 2.93 bits per heavy atom. The Kier molecular flexibility index (Phi) is 3.84. The summed E-state index contributed by atoms with van der Waals surface area (Å²) in [4.78, 5) is 21.7. The van der Waals surface area contributed by atoms with Crippen molar-refractivity contribution in [2.24, 2.45) is 0 Å². The predicted octanol–water partition coefficient (Wildman–Crippen LogP) is 0.604. The van der Waals surface area contributed by atoms with Crippen molar-refractivity contribution in [1.29, 1.82) is 0 Å². The summed E-state index contributed by atoms with van der Waals surface area (Å²) in [6.45, 7) is 2.05. The maximum atomic E-state index is 11.0. The van der Waals surface area contributed by atoms with Crippen molar-refractivity contribution in [2.45, 2.75) is 19.8 Å². The molecule has 0 aliphatic carbocycles. The molecule has 6 heteroatoms. The van der Waals surface area contributed by atoms with E-state index in [0.29, 0.717) is 18.6 Å². The summed E-state index contributed by atoms with van der Waals surface area (Å²) in [6.07, 6.45) is 1.88. The lowest BCUT2D eigenvalue weighted by Gasteiger charge is -2.00. The van der Waals surface area contributed by atoms with Gasteiger partial charge < -0.3 is 9.84 Å². The van der Waals surface area contributed by atoms with E-state index in [1.165, 1.54) is 6.20 Å². The Bertz CT molecular complexity index is 359. The zero-order chi connectivity index (χ0) is 11.3. The van der Waals surface area contributed by atoms with Gasteiger partial charge in [-0.15, -0.1) is 0 Å². The van der Waals surface area contributed by atoms with E-state index in [4.69, 9.17) is 9.84 Å². The van der Waals surface area contributed by atoms with Gasteiger partial charge in [0, 0.05) is 12.0 Å². The number of carbonyl (C=O) groups is 2. The van der Waals surface area contributed by atoms with Crippen LogP contribution in [0, 0.1) is 0 Å². The van der Waals surface area contributed by atoms with Crippen molar-refractivity contribution in [3.63, 3.8) is 0 Å². The van der Waals surface area contributed by atoms with E-state index in [1.54, 1.807) is 6.92 Å². The van der Waals surface area contributed by atoms with E-state index in [-0.39, 0.29) is 18.1 Å². The lowest BCUT2D eigenvalue weighted by molar-refractivity contribution is -0.143. The van der Waals surface area contributed by atoms with E-state index in [2.05, 4.69) is 10.2 Å². The standard InChI is InChI=1S/C9H12N2O4/c1-2-15-7(12)4-3-6-5-10-11-8(6)9(13)14/h5H,2-4H2,1H3,(H,10,11)(H,13,14). The molecule has 1 aromatic rings. The van der Waals surface area contributed by atoms with Gasteiger partial charge in [0.1, 0.15) is 5.69 Å². The van der Waals surface area contributed by atoms with Crippen LogP contribution < -0.4 is 0 Å². The molecule has 2 N–H and O–H groups in total. The van der Waals surface area contributed by atoms with Crippen molar-refractivity contribution in [3.05, 3.63) is 17.5 Å². The number of nitrogens with zero attached hydrogens (tertiary/aromatic N) is 1. The Balaban J connectivity index is 2.54. The molecule has 1 rings (SSSR count). The molecule has 0 amide bonds. The average molecular weight is 212 g/mol. The van der Waals surface area contributed by atoms with Gasteiger partial charge in [0.05, 0.1) is 12.8 Å². The summed E-state index contributed by atoms with van der Waals surface area (Å²) >= 11 is 0. The monoisotopic (exact) mass is 212 g/mol. The number of carbonyl (C=O) groups excluding carboxylic acids is 1. The lowest BCUT2D eigenvalue weighted by atomic mass is 10.1. The highest BCUT2D eigenvalue weighted by Crippen LogP contribution is 2.07. The van der Waals surface area contributed by atoms with Crippen molar-refractivity contribution < 1.29 is 19.4 Å². The first-order valence-electron chi connectivity index (χ1n) is 4.56. The van der Waals surface area contributed by atoms with Crippen LogP contribution in [0.2, 0.25) is 0 Å². The highest BCUT2D eigenvalue weighted by molar-refractivity contribution is 5.87. The first-order chi connectivity index (χ1) is 7.15. The third-order valence-electron chi connectivity index (χ3n) is 1.84. The molecule has 1 heterocycles. The molecule has 82 valence electrons. The Morgan fingerprint density at radius 2 is 2.33 bits per heavy atom. The van der Waals surface area contributed by atoms with Crippen molar-refractivity contribution in [3.8, 4) is 0 Å². The minimum absolute atomic E-state index is 0.0271. The first kappa shape index (κ1) is 11.2. The number of H-pyrrole nitrogens is 1. The predicted molar refractivity (Wildman–Crippen MR) is 50.5 cm³/mol. The van der Waals surface area contributed by atoms with Crippen LogP contribution in [0.5, 0.6) is 0 Å². The number of rotatable bonds is 5. The van der Waals surface area contributed by atoms with Gasteiger partial charge in [-0.3, -0.25) is 9.89 Å². The Hall–Kier alpha value is -1.85. The minimum atomic E-state index is -1.08. The highest BCUT2D eigenvalue weighted by Gasteiger charge is 2.13. The van der Waals surface area contributed by atoms with Crippen LogP contribution in [-0.4, -0.2) is 33.8 Å². The van der Waals surface area contributed by atoms with Gasteiger partial charge in [-0.05, 0) is 13.3 Å². The van der Waals surface area contributed by atoms with Gasteiger partial charge in [-0.2, -0.15) is 5.10 Å². The second kappa shape index (κ2) is 5.14. The molecule has 0 spiro atoms. The maximum Gasteiger partial charge on any atom is 0.354 e. The van der Waals surface area contributed by atoms with Gasteiger partial charge in [-0.25, -0.2) is 4.79 Å². The van der Waals surface area contributed by atoms with Crippen LogP contribution in [0.1, 0.15) is 29.4 Å². The van der Waals surface area contributed by atoms with E-state index in [0.717, 1.165) is 0 Å². The maximum absolute atomic E-state index is 11.0. The van der Waals surface area contributed by atoms with E-state index in [1.807, 2.05) is 0 Å². The van der Waals surface area contributed by atoms with Gasteiger partial charge in [0.25, 0.3) is 0 Å². The summed E-state index contributed by atoms with van der Waals surface area (Å²) in [7, 11) is 0. The molecule has 1 aromatic heterocycles. The fourth-order valence-electron chi connectivity index (χ4n) is 1.16. The SMILES string of the molecule is CCOC(=O)CCc1cn[nH]c1C(=O)O. The Morgan fingerprint density at radius 1 is 1.60 bits per heavy atom. The van der Waals surface area contributed by atoms with Crippen LogP contribution in [0.15, 0.2) is 6.20 Å². The van der Waals surface area contributed by atoms with Gasteiger partial charge >= 0.3 is 11.9 Å². The second-order valence-electron chi connectivity index (χ2n) is 2.88. The van der Waals surface area contributed by atoms with Crippen molar-refractivity contribution in [1.82, 2.24) is 10.2 Å². The number of aryl methyl sites for hydroxylation is 1. The Labute approximate surface area is 86.2 Å². The first-order valence-corrected chi connectivity index (χ1v) is 4.56. The molecule has 6 nitrogen and oxygen atoms in total. The number of aromatic carboxylic acids is 1. The number of aromatic nitrogens is 2. The number of hydrogen-bond acceptors (Lipinski definition) is 4. The topological polar surface area (TPSA) is 92.3 Å². The molecule has 0 aromatic carbocycles. The quantitative estimate of drug-likeness (QED) is 0.697. The van der Waals surface area contributed by atoms with E-state index >= 15 is 0 Å². The number of nitrogens with one attached hydrogen (secondary N) is 1. The van der Waals surface area contributed by atoms with Crippen LogP contribution in [0.4, 0.5) is 0 Å². The fourth-order valence-corrected chi connectivity index (χ4v) is 1.16. The molecule has 0 aliphatic rings. The molecule has 0 bridgehead atoms. The number of carboxylic acids is 1. The number of carboxylic acid groups (broad SMARTS) is 1. The van der Waals surface area contributed by atoms with Crippen molar-refractivity contribution in [2.75, 3.05) is 6.61 Å². The normalized spacial score (nSPS) is 9.93. The molecule has 0 saturated carbocycles. The summed E-state index contributed by atoms with van der Waals surface area (Å²) in [6, 6.07) is 0. The van der Waals surface area contributed by atoms with Crippen LogP contribution in [0.25, 0.3) is 0 Å². The molecule has 0 saturated heterocycles. The van der Waals surface area contributed by atoms with Gasteiger partial charge in [0.2, 0.25) is 0 Å². The molecule has 0 radical (unpaired) electrons. The van der Waals surface area contributed by atoms with E-state index in [9.17, 15) is 9.59 Å². The molecule has 15 heavy (non-hydrogen) atoms. The molecule has 0 aliphatic heterocycles. The molecule has 0 unspecified atom stereocenters.